The smallest absolute Gasteiger partial charge is 0.251 e. The standard InChI is InChI=1S/C33H30ClFN6O3/c34-25-10-8-23(9-11-25)21-40(31(42)22-41-30-7-2-1-6-29(30)37-38-41)32(24-4-3-5-26(35)20-24)33(43)36-27-12-14-28(15-13-27)39-16-18-44-19-17-39/h1-15,20,32H,16-19,21-22H2,(H,36,43)/t32-/m1/s1. The number of halogens is 2. The number of benzene rings is 4. The van der Waals surface area contributed by atoms with Crippen molar-refractivity contribution in [1.82, 2.24) is 19.9 Å². The fraction of sp³-hybridized carbons (Fsp3) is 0.212. The van der Waals surface area contributed by atoms with Crippen LogP contribution in [0.4, 0.5) is 15.8 Å². The lowest BCUT2D eigenvalue weighted by Crippen LogP contribution is -2.42. The van der Waals surface area contributed by atoms with Crippen LogP contribution in [0, 0.1) is 5.82 Å². The summed E-state index contributed by atoms with van der Waals surface area (Å²) in [5, 5.41) is 11.8. The Bertz CT molecular complexity index is 1760. The van der Waals surface area contributed by atoms with Crippen LogP contribution in [0.25, 0.3) is 11.0 Å². The molecule has 1 fully saturated rings. The van der Waals surface area contributed by atoms with Crippen LogP contribution in [0.3, 0.4) is 0 Å². The Hall–Kier alpha value is -4.80. The van der Waals surface area contributed by atoms with Gasteiger partial charge >= 0.3 is 0 Å². The molecule has 224 valence electrons. The van der Waals surface area contributed by atoms with E-state index in [1.165, 1.54) is 27.8 Å². The van der Waals surface area contributed by atoms with Gasteiger partial charge in [0.1, 0.15) is 23.9 Å². The lowest BCUT2D eigenvalue weighted by molar-refractivity contribution is -0.140. The molecule has 0 unspecified atom stereocenters. The zero-order chi connectivity index (χ0) is 30.5. The van der Waals surface area contributed by atoms with Gasteiger partial charge in [-0.25, -0.2) is 9.07 Å². The maximum absolute atomic E-state index is 14.6. The van der Waals surface area contributed by atoms with E-state index >= 15 is 0 Å². The van der Waals surface area contributed by atoms with E-state index in [-0.39, 0.29) is 13.1 Å². The van der Waals surface area contributed by atoms with Crippen LogP contribution in [0.1, 0.15) is 17.2 Å². The Morgan fingerprint density at radius 2 is 1.70 bits per heavy atom. The summed E-state index contributed by atoms with van der Waals surface area (Å²) in [6.45, 7) is 2.78. The molecule has 1 saturated heterocycles. The molecule has 44 heavy (non-hydrogen) atoms. The zero-order valence-corrected chi connectivity index (χ0v) is 24.5. The lowest BCUT2D eigenvalue weighted by atomic mass is 10.0. The molecule has 11 heteroatoms. The van der Waals surface area contributed by atoms with Crippen molar-refractivity contribution in [2.45, 2.75) is 19.1 Å². The lowest BCUT2D eigenvalue weighted by Gasteiger charge is -2.32. The first kappa shape index (κ1) is 29.3. The second kappa shape index (κ2) is 13.2. The quantitative estimate of drug-likeness (QED) is 0.237. The number of nitrogens with zero attached hydrogens (tertiary/aromatic N) is 5. The molecule has 0 radical (unpaired) electrons. The van der Waals surface area contributed by atoms with Crippen molar-refractivity contribution in [3.8, 4) is 0 Å². The molecule has 0 saturated carbocycles. The van der Waals surface area contributed by atoms with Gasteiger partial charge in [-0.2, -0.15) is 0 Å². The second-order valence-electron chi connectivity index (χ2n) is 10.5. The molecule has 6 rings (SSSR count). The van der Waals surface area contributed by atoms with Gasteiger partial charge in [-0.15, -0.1) is 5.10 Å². The van der Waals surface area contributed by atoms with Crippen LogP contribution < -0.4 is 10.2 Å². The highest BCUT2D eigenvalue weighted by atomic mass is 35.5. The number of carbonyl (C=O) groups is 2. The number of hydrogen-bond acceptors (Lipinski definition) is 6. The van der Waals surface area contributed by atoms with Gasteiger partial charge in [0.2, 0.25) is 5.91 Å². The molecule has 0 aliphatic carbocycles. The molecular weight excluding hydrogens is 583 g/mol. The molecule has 0 spiro atoms. The highest BCUT2D eigenvalue weighted by Crippen LogP contribution is 2.28. The minimum Gasteiger partial charge on any atom is -0.378 e. The van der Waals surface area contributed by atoms with Gasteiger partial charge in [-0.1, -0.05) is 53.2 Å². The topological polar surface area (TPSA) is 92.6 Å². The Morgan fingerprint density at radius 3 is 2.45 bits per heavy atom. The first-order valence-corrected chi connectivity index (χ1v) is 14.6. The normalized spacial score (nSPS) is 13.9. The Kier molecular flexibility index (Phi) is 8.81. The SMILES string of the molecule is O=C(Nc1ccc(N2CCOCC2)cc1)[C@@H](c1cccc(F)c1)N(Cc1ccc(Cl)cc1)C(=O)Cn1nnc2ccccc21. The average Bonchev–Trinajstić information content (AvgIpc) is 3.45. The number of amides is 2. The van der Waals surface area contributed by atoms with Gasteiger partial charge in [-0.05, 0) is 71.8 Å². The molecule has 1 aliphatic rings. The number of ether oxygens (including phenoxy) is 1. The van der Waals surface area contributed by atoms with E-state index in [0.717, 1.165) is 24.3 Å². The fourth-order valence-corrected chi connectivity index (χ4v) is 5.43. The van der Waals surface area contributed by atoms with E-state index in [1.54, 1.807) is 30.3 Å². The molecule has 5 aromatic rings. The first-order valence-electron chi connectivity index (χ1n) is 14.3. The summed E-state index contributed by atoms with van der Waals surface area (Å²) in [5.74, 6) is -1.40. The summed E-state index contributed by atoms with van der Waals surface area (Å²) in [5.41, 5.74) is 3.97. The number of aromatic nitrogens is 3. The van der Waals surface area contributed by atoms with Gasteiger partial charge in [-0.3, -0.25) is 9.59 Å². The molecule has 1 aliphatic heterocycles. The largest absolute Gasteiger partial charge is 0.378 e. The van der Waals surface area contributed by atoms with Crippen molar-refractivity contribution in [1.29, 1.82) is 0 Å². The van der Waals surface area contributed by atoms with Crippen LogP contribution in [-0.2, 0) is 27.4 Å². The van der Waals surface area contributed by atoms with Gasteiger partial charge in [0.05, 0.1) is 18.7 Å². The summed E-state index contributed by atoms with van der Waals surface area (Å²) in [7, 11) is 0. The van der Waals surface area contributed by atoms with E-state index in [1.807, 2.05) is 48.5 Å². The average molecular weight is 613 g/mol. The number of nitrogens with one attached hydrogen (secondary N) is 1. The van der Waals surface area contributed by atoms with Crippen LogP contribution in [0.2, 0.25) is 5.02 Å². The third-order valence-electron chi connectivity index (χ3n) is 7.53. The number of fused-ring (bicyclic) bond motifs is 1. The maximum Gasteiger partial charge on any atom is 0.251 e. The maximum atomic E-state index is 14.6. The molecule has 0 bridgehead atoms. The highest BCUT2D eigenvalue weighted by molar-refractivity contribution is 6.30. The Labute approximate surface area is 258 Å². The number of hydrogen-bond donors (Lipinski definition) is 1. The second-order valence-corrected chi connectivity index (χ2v) is 10.9. The fourth-order valence-electron chi connectivity index (χ4n) is 5.30. The van der Waals surface area contributed by atoms with Crippen LogP contribution in [-0.4, -0.2) is 58.0 Å². The summed E-state index contributed by atoms with van der Waals surface area (Å²) >= 11 is 6.12. The van der Waals surface area contributed by atoms with Gasteiger partial charge in [0, 0.05) is 36.0 Å². The van der Waals surface area contributed by atoms with Crippen molar-refractivity contribution in [3.63, 3.8) is 0 Å². The molecule has 2 amide bonds. The van der Waals surface area contributed by atoms with Crippen molar-refractivity contribution >= 4 is 45.8 Å². The summed E-state index contributed by atoms with van der Waals surface area (Å²) in [6.07, 6.45) is 0. The molecular formula is C33H30ClFN6O3. The zero-order valence-electron chi connectivity index (χ0n) is 23.8. The third-order valence-corrected chi connectivity index (χ3v) is 7.78. The summed E-state index contributed by atoms with van der Waals surface area (Å²) in [4.78, 5) is 31.9. The Morgan fingerprint density at radius 1 is 0.955 bits per heavy atom. The highest BCUT2D eigenvalue weighted by Gasteiger charge is 2.32. The number of carbonyl (C=O) groups excluding carboxylic acids is 2. The van der Waals surface area contributed by atoms with Crippen molar-refractivity contribution < 1.29 is 18.7 Å². The third kappa shape index (κ3) is 6.72. The van der Waals surface area contributed by atoms with Gasteiger partial charge in [0.25, 0.3) is 5.91 Å². The molecule has 1 aromatic heterocycles. The number of anilines is 2. The van der Waals surface area contributed by atoms with Crippen molar-refractivity contribution in [2.24, 2.45) is 0 Å². The van der Waals surface area contributed by atoms with Crippen LogP contribution >= 0.6 is 11.6 Å². The Balaban J connectivity index is 1.33. The minimum atomic E-state index is -1.16. The van der Waals surface area contributed by atoms with Crippen molar-refractivity contribution in [2.75, 3.05) is 36.5 Å². The summed E-state index contributed by atoms with van der Waals surface area (Å²) in [6, 6.07) is 26.4. The predicted molar refractivity (Wildman–Crippen MR) is 167 cm³/mol. The van der Waals surface area contributed by atoms with E-state index in [0.29, 0.717) is 40.5 Å². The first-order chi connectivity index (χ1) is 21.4. The molecule has 4 aromatic carbocycles. The van der Waals surface area contributed by atoms with Gasteiger partial charge < -0.3 is 19.9 Å². The van der Waals surface area contributed by atoms with E-state index in [4.69, 9.17) is 16.3 Å². The van der Waals surface area contributed by atoms with E-state index < -0.39 is 23.7 Å². The predicted octanol–water partition coefficient (Wildman–Crippen LogP) is 5.47. The number of morpholine rings is 1. The van der Waals surface area contributed by atoms with Crippen LogP contribution in [0.5, 0.6) is 0 Å². The van der Waals surface area contributed by atoms with E-state index in [2.05, 4.69) is 20.5 Å². The number of para-hydroxylation sites is 1. The van der Waals surface area contributed by atoms with Gasteiger partial charge in [0.15, 0.2) is 0 Å². The monoisotopic (exact) mass is 612 g/mol. The minimum absolute atomic E-state index is 0.0627. The summed E-state index contributed by atoms with van der Waals surface area (Å²) < 4.78 is 21.5. The van der Waals surface area contributed by atoms with Crippen LogP contribution in [0.15, 0.2) is 97.1 Å². The molecule has 2 heterocycles. The number of rotatable bonds is 9. The molecule has 1 atom stereocenters. The molecule has 1 N–H and O–H groups in total. The van der Waals surface area contributed by atoms with E-state index in [9.17, 15) is 14.0 Å². The molecule has 9 nitrogen and oxygen atoms in total. The van der Waals surface area contributed by atoms with Crippen molar-refractivity contribution in [3.05, 3.63) is 119 Å².